The van der Waals surface area contributed by atoms with Crippen LogP contribution in [0.3, 0.4) is 0 Å². The first-order chi connectivity index (χ1) is 15.9. The maximum Gasteiger partial charge on any atom is 0.282 e. The molecule has 33 heavy (non-hydrogen) atoms. The predicted molar refractivity (Wildman–Crippen MR) is 140 cm³/mol. The molecule has 0 N–H and O–H groups in total. The van der Waals surface area contributed by atoms with Crippen molar-refractivity contribution in [2.45, 2.75) is 32.8 Å². The number of nitrogens with zero attached hydrogens (tertiary/aromatic N) is 3. The van der Waals surface area contributed by atoms with Crippen LogP contribution in [0.25, 0.3) is 10.9 Å². The van der Waals surface area contributed by atoms with Crippen molar-refractivity contribution in [3.05, 3.63) is 103 Å². The summed E-state index contributed by atoms with van der Waals surface area (Å²) >= 11 is 6.88. The molecule has 0 aliphatic carbocycles. The van der Waals surface area contributed by atoms with Crippen LogP contribution in [0.15, 0.2) is 85.6 Å². The summed E-state index contributed by atoms with van der Waals surface area (Å²) in [5, 5.41) is 5.06. The van der Waals surface area contributed by atoms with Crippen molar-refractivity contribution in [1.29, 1.82) is 0 Å². The fourth-order valence-electron chi connectivity index (χ4n) is 3.34. The summed E-state index contributed by atoms with van der Waals surface area (Å²) in [6.07, 6.45) is 2.52. The molecule has 4 aromatic rings. The number of hydrogen-bond acceptors (Lipinski definition) is 4. The third-order valence-electron chi connectivity index (χ3n) is 5.39. The fourth-order valence-corrected chi connectivity index (χ4v) is 3.96. The van der Waals surface area contributed by atoms with E-state index < -0.39 is 0 Å². The minimum absolute atomic E-state index is 0.0865. The second-order valence-electron chi connectivity index (χ2n) is 7.79. The number of ether oxygens (including phenoxy) is 1. The zero-order valence-electron chi connectivity index (χ0n) is 18.3. The summed E-state index contributed by atoms with van der Waals surface area (Å²) in [5.74, 6) is 1.47. The van der Waals surface area contributed by atoms with Crippen LogP contribution in [0.2, 0.25) is 0 Å². The first kappa shape index (κ1) is 23.4. The highest BCUT2D eigenvalue weighted by atomic mass is 79.9. The summed E-state index contributed by atoms with van der Waals surface area (Å²) in [6.45, 7) is 4.59. The molecule has 7 heteroatoms. The summed E-state index contributed by atoms with van der Waals surface area (Å²) < 4.78 is 9.21. The Kier molecular flexibility index (Phi) is 7.40. The topological polar surface area (TPSA) is 56.5 Å². The molecule has 0 fully saturated rings. The van der Waals surface area contributed by atoms with Gasteiger partial charge in [-0.05, 0) is 60.0 Å². The highest BCUT2D eigenvalue weighted by Gasteiger charge is 2.15. The van der Waals surface area contributed by atoms with E-state index in [4.69, 9.17) is 9.72 Å². The molecule has 0 bridgehead atoms. The standard InChI is InChI=1S/C26H23Br2N3O2/c1-3-17(2)25-30-24-12-11-21(28)14-23(24)26(32)31(25)29-15-19-5-4-6-22(13-19)33-16-18-7-9-20(27)10-8-18/h4-15,17H,3,16H2,1-2H3/t17-/m0/s1. The quantitative estimate of drug-likeness (QED) is 0.228. The second-order valence-corrected chi connectivity index (χ2v) is 9.62. The highest BCUT2D eigenvalue weighted by Crippen LogP contribution is 2.21. The van der Waals surface area contributed by atoms with Gasteiger partial charge in [-0.25, -0.2) is 4.98 Å². The molecule has 4 rings (SSSR count). The Labute approximate surface area is 209 Å². The molecule has 0 saturated carbocycles. The molecule has 0 aliphatic heterocycles. The van der Waals surface area contributed by atoms with E-state index in [1.165, 1.54) is 4.68 Å². The maximum atomic E-state index is 13.3. The van der Waals surface area contributed by atoms with Gasteiger partial charge in [0, 0.05) is 14.9 Å². The first-order valence-corrected chi connectivity index (χ1v) is 12.3. The van der Waals surface area contributed by atoms with E-state index in [2.05, 4.69) is 50.8 Å². The molecule has 0 radical (unpaired) electrons. The second kappa shape index (κ2) is 10.4. The molecule has 0 saturated heterocycles. The molecule has 0 amide bonds. The Morgan fingerprint density at radius 2 is 1.82 bits per heavy atom. The van der Waals surface area contributed by atoms with Gasteiger partial charge in [-0.1, -0.05) is 70.0 Å². The van der Waals surface area contributed by atoms with E-state index in [1.807, 2.05) is 60.7 Å². The first-order valence-electron chi connectivity index (χ1n) is 10.7. The Balaban J connectivity index is 1.63. The smallest absolute Gasteiger partial charge is 0.282 e. The molecule has 1 heterocycles. The van der Waals surface area contributed by atoms with Crippen LogP contribution in [0.5, 0.6) is 5.75 Å². The normalized spacial score (nSPS) is 12.4. The lowest BCUT2D eigenvalue weighted by molar-refractivity contribution is 0.306. The van der Waals surface area contributed by atoms with Gasteiger partial charge >= 0.3 is 0 Å². The number of hydrogen-bond donors (Lipinski definition) is 0. The van der Waals surface area contributed by atoms with Crippen molar-refractivity contribution < 1.29 is 4.74 Å². The molecule has 3 aromatic carbocycles. The molecular weight excluding hydrogens is 546 g/mol. The number of benzene rings is 3. The highest BCUT2D eigenvalue weighted by molar-refractivity contribution is 9.10. The van der Waals surface area contributed by atoms with Gasteiger partial charge in [-0.15, -0.1) is 0 Å². The third-order valence-corrected chi connectivity index (χ3v) is 6.41. The average Bonchev–Trinajstić information content (AvgIpc) is 2.83. The van der Waals surface area contributed by atoms with Crippen molar-refractivity contribution in [1.82, 2.24) is 9.66 Å². The number of fused-ring (bicyclic) bond motifs is 1. The van der Waals surface area contributed by atoms with Crippen molar-refractivity contribution in [2.75, 3.05) is 0 Å². The van der Waals surface area contributed by atoms with Gasteiger partial charge in [0.2, 0.25) is 0 Å². The fraction of sp³-hybridized carbons (Fsp3) is 0.192. The Bertz CT molecular complexity index is 1360. The predicted octanol–water partition coefficient (Wildman–Crippen LogP) is 6.90. The van der Waals surface area contributed by atoms with Crippen LogP contribution in [0, 0.1) is 0 Å². The molecule has 1 atom stereocenters. The molecule has 1 aromatic heterocycles. The van der Waals surface area contributed by atoms with Crippen molar-refractivity contribution in [2.24, 2.45) is 5.10 Å². The van der Waals surface area contributed by atoms with Crippen LogP contribution >= 0.6 is 31.9 Å². The van der Waals surface area contributed by atoms with E-state index in [-0.39, 0.29) is 11.5 Å². The van der Waals surface area contributed by atoms with Crippen LogP contribution in [0.4, 0.5) is 0 Å². The summed E-state index contributed by atoms with van der Waals surface area (Å²) in [5.41, 5.74) is 2.40. The van der Waals surface area contributed by atoms with Crippen LogP contribution in [-0.4, -0.2) is 15.9 Å². The molecule has 168 valence electrons. The van der Waals surface area contributed by atoms with Crippen LogP contribution in [-0.2, 0) is 6.61 Å². The zero-order chi connectivity index (χ0) is 23.4. The molecular formula is C26H23Br2N3O2. The lowest BCUT2D eigenvalue weighted by Gasteiger charge is -2.14. The molecule has 0 aliphatic rings. The van der Waals surface area contributed by atoms with Gasteiger partial charge in [-0.3, -0.25) is 4.79 Å². The Morgan fingerprint density at radius 1 is 1.06 bits per heavy atom. The molecule has 0 spiro atoms. The molecule has 5 nitrogen and oxygen atoms in total. The third kappa shape index (κ3) is 5.60. The van der Waals surface area contributed by atoms with Crippen molar-refractivity contribution in [3.8, 4) is 5.75 Å². The lowest BCUT2D eigenvalue weighted by Crippen LogP contribution is -2.23. The van der Waals surface area contributed by atoms with Crippen LogP contribution < -0.4 is 10.3 Å². The van der Waals surface area contributed by atoms with E-state index >= 15 is 0 Å². The number of rotatable bonds is 7. The van der Waals surface area contributed by atoms with Gasteiger partial charge in [0.25, 0.3) is 5.56 Å². The largest absolute Gasteiger partial charge is 0.489 e. The monoisotopic (exact) mass is 567 g/mol. The molecule has 0 unspecified atom stereocenters. The van der Waals surface area contributed by atoms with Gasteiger partial charge in [0.15, 0.2) is 0 Å². The van der Waals surface area contributed by atoms with E-state index in [1.54, 1.807) is 12.3 Å². The van der Waals surface area contributed by atoms with Crippen molar-refractivity contribution in [3.63, 3.8) is 0 Å². The maximum absolute atomic E-state index is 13.3. The minimum atomic E-state index is -0.185. The van der Waals surface area contributed by atoms with E-state index in [0.717, 1.165) is 32.2 Å². The van der Waals surface area contributed by atoms with Crippen molar-refractivity contribution >= 4 is 49.0 Å². The van der Waals surface area contributed by atoms with Crippen LogP contribution in [0.1, 0.15) is 43.1 Å². The van der Waals surface area contributed by atoms with Gasteiger partial charge in [0.05, 0.1) is 17.1 Å². The number of halogens is 2. The minimum Gasteiger partial charge on any atom is -0.489 e. The van der Waals surface area contributed by atoms with Gasteiger partial charge in [0.1, 0.15) is 18.2 Å². The summed E-state index contributed by atoms with van der Waals surface area (Å²) in [7, 11) is 0. The summed E-state index contributed by atoms with van der Waals surface area (Å²) in [6, 6.07) is 21.2. The lowest BCUT2D eigenvalue weighted by atomic mass is 10.1. The Morgan fingerprint density at radius 3 is 2.58 bits per heavy atom. The van der Waals surface area contributed by atoms with Gasteiger partial charge < -0.3 is 4.74 Å². The van der Waals surface area contributed by atoms with E-state index in [0.29, 0.717) is 23.3 Å². The average molecular weight is 569 g/mol. The van der Waals surface area contributed by atoms with E-state index in [9.17, 15) is 4.79 Å². The number of aromatic nitrogens is 2. The Hall–Kier alpha value is -2.77. The SMILES string of the molecule is CC[C@H](C)c1nc2ccc(Br)cc2c(=O)n1N=Cc1cccc(OCc2ccc(Br)cc2)c1. The van der Waals surface area contributed by atoms with Gasteiger partial charge in [-0.2, -0.15) is 9.78 Å². The summed E-state index contributed by atoms with van der Waals surface area (Å²) in [4.78, 5) is 18.0. The zero-order valence-corrected chi connectivity index (χ0v) is 21.5.